The molecule has 0 radical (unpaired) electrons. The van der Waals surface area contributed by atoms with Gasteiger partial charge in [-0.05, 0) is 13.0 Å². The molecule has 2 aromatic rings. The smallest absolute Gasteiger partial charge is 0.203 e. The molecule has 74 valence electrons. The zero-order chi connectivity index (χ0) is 9.80. The minimum absolute atomic E-state index is 0.744. The third kappa shape index (κ3) is 1.79. The molecule has 4 heteroatoms. The van der Waals surface area contributed by atoms with Gasteiger partial charge in [0.2, 0.25) is 5.95 Å². The van der Waals surface area contributed by atoms with Crippen LogP contribution in [0.5, 0.6) is 0 Å². The summed E-state index contributed by atoms with van der Waals surface area (Å²) in [5.74, 6) is 0.897. The number of rotatable bonds is 4. The van der Waals surface area contributed by atoms with Gasteiger partial charge in [-0.25, -0.2) is 4.98 Å². The molecule has 0 aliphatic heterocycles. The number of imidazole rings is 1. The van der Waals surface area contributed by atoms with Crippen molar-refractivity contribution >= 4 is 5.95 Å². The molecule has 0 spiro atoms. The number of nitrogens with one attached hydrogen (secondary N) is 1. The predicted octanol–water partition coefficient (Wildman–Crippen LogP) is 2.11. The van der Waals surface area contributed by atoms with Crippen molar-refractivity contribution in [2.75, 3.05) is 5.32 Å². The van der Waals surface area contributed by atoms with Crippen LogP contribution in [0.4, 0.5) is 5.95 Å². The highest BCUT2D eigenvalue weighted by Crippen LogP contribution is 2.07. The van der Waals surface area contributed by atoms with Crippen molar-refractivity contribution in [2.45, 2.75) is 20.0 Å². The molecule has 0 saturated carbocycles. The fourth-order valence-corrected chi connectivity index (χ4v) is 1.31. The maximum atomic E-state index is 4.97. The van der Waals surface area contributed by atoms with Gasteiger partial charge in [-0.1, -0.05) is 0 Å². The summed E-state index contributed by atoms with van der Waals surface area (Å²) < 4.78 is 7.03. The summed E-state index contributed by atoms with van der Waals surface area (Å²) in [5, 5.41) is 3.24. The SMILES string of the molecule is CCn1ccnc1NCc1ccoc1. The van der Waals surface area contributed by atoms with E-state index in [4.69, 9.17) is 4.42 Å². The van der Waals surface area contributed by atoms with E-state index in [9.17, 15) is 0 Å². The van der Waals surface area contributed by atoms with Gasteiger partial charge in [-0.15, -0.1) is 0 Å². The van der Waals surface area contributed by atoms with E-state index in [1.165, 1.54) is 0 Å². The Morgan fingerprint density at radius 3 is 3.21 bits per heavy atom. The number of aryl methyl sites for hydroxylation is 1. The summed E-state index contributed by atoms with van der Waals surface area (Å²) >= 11 is 0. The Morgan fingerprint density at radius 1 is 1.57 bits per heavy atom. The van der Waals surface area contributed by atoms with E-state index < -0.39 is 0 Å². The third-order valence-corrected chi connectivity index (χ3v) is 2.09. The highest BCUT2D eigenvalue weighted by Gasteiger charge is 2.00. The molecule has 2 rings (SSSR count). The molecule has 0 unspecified atom stereocenters. The maximum Gasteiger partial charge on any atom is 0.203 e. The first-order valence-corrected chi connectivity index (χ1v) is 4.66. The average Bonchev–Trinajstić information content (AvgIpc) is 2.85. The number of anilines is 1. The van der Waals surface area contributed by atoms with Crippen molar-refractivity contribution in [2.24, 2.45) is 0 Å². The number of aromatic nitrogens is 2. The molecule has 0 amide bonds. The van der Waals surface area contributed by atoms with Gasteiger partial charge in [-0.3, -0.25) is 0 Å². The van der Waals surface area contributed by atoms with Gasteiger partial charge >= 0.3 is 0 Å². The van der Waals surface area contributed by atoms with Gasteiger partial charge in [0.1, 0.15) is 0 Å². The van der Waals surface area contributed by atoms with Crippen LogP contribution in [-0.4, -0.2) is 9.55 Å². The Hall–Kier alpha value is -1.71. The predicted molar refractivity (Wildman–Crippen MR) is 53.9 cm³/mol. The molecule has 0 bridgehead atoms. The second-order valence-electron chi connectivity index (χ2n) is 3.02. The standard InChI is InChI=1S/C10H13N3O/c1-2-13-5-4-11-10(13)12-7-9-3-6-14-8-9/h3-6,8H,2,7H2,1H3,(H,11,12). The molecule has 1 N–H and O–H groups in total. The van der Waals surface area contributed by atoms with Crippen LogP contribution in [0.2, 0.25) is 0 Å². The van der Waals surface area contributed by atoms with Gasteiger partial charge < -0.3 is 14.3 Å². The lowest BCUT2D eigenvalue weighted by atomic mass is 10.3. The first kappa shape index (κ1) is 8.87. The minimum atomic E-state index is 0.744. The fraction of sp³-hybridized carbons (Fsp3) is 0.300. The summed E-state index contributed by atoms with van der Waals surface area (Å²) in [6, 6.07) is 1.94. The van der Waals surface area contributed by atoms with E-state index in [0.29, 0.717) is 0 Å². The van der Waals surface area contributed by atoms with E-state index >= 15 is 0 Å². The Bertz CT molecular complexity index is 378. The zero-order valence-electron chi connectivity index (χ0n) is 8.10. The maximum absolute atomic E-state index is 4.97. The lowest BCUT2D eigenvalue weighted by Crippen LogP contribution is -2.05. The number of furan rings is 1. The Kier molecular flexibility index (Phi) is 2.53. The molecule has 0 aliphatic carbocycles. The lowest BCUT2D eigenvalue weighted by Gasteiger charge is -2.05. The van der Waals surface area contributed by atoms with Crippen molar-refractivity contribution in [3.63, 3.8) is 0 Å². The molecule has 0 aliphatic rings. The van der Waals surface area contributed by atoms with Crippen molar-refractivity contribution in [3.8, 4) is 0 Å². The van der Waals surface area contributed by atoms with Crippen LogP contribution in [0.25, 0.3) is 0 Å². The van der Waals surface area contributed by atoms with E-state index in [2.05, 4.69) is 21.8 Å². The van der Waals surface area contributed by atoms with Crippen LogP contribution in [0, 0.1) is 0 Å². The molecule has 4 nitrogen and oxygen atoms in total. The third-order valence-electron chi connectivity index (χ3n) is 2.09. The summed E-state index contributed by atoms with van der Waals surface area (Å²) in [6.45, 7) is 3.76. The first-order valence-electron chi connectivity index (χ1n) is 4.66. The molecule has 0 atom stereocenters. The lowest BCUT2D eigenvalue weighted by molar-refractivity contribution is 0.564. The van der Waals surface area contributed by atoms with Crippen LogP contribution in [0.1, 0.15) is 12.5 Å². The van der Waals surface area contributed by atoms with Crippen LogP contribution >= 0.6 is 0 Å². The van der Waals surface area contributed by atoms with Crippen molar-refractivity contribution < 1.29 is 4.42 Å². The Morgan fingerprint density at radius 2 is 2.50 bits per heavy atom. The van der Waals surface area contributed by atoms with Crippen LogP contribution in [0.3, 0.4) is 0 Å². The second-order valence-corrected chi connectivity index (χ2v) is 3.02. The molecule has 0 saturated heterocycles. The van der Waals surface area contributed by atoms with E-state index in [0.717, 1.165) is 24.6 Å². The van der Waals surface area contributed by atoms with Crippen LogP contribution in [0.15, 0.2) is 35.4 Å². The minimum Gasteiger partial charge on any atom is -0.472 e. The van der Waals surface area contributed by atoms with Gasteiger partial charge in [0, 0.05) is 31.0 Å². The molecule has 14 heavy (non-hydrogen) atoms. The highest BCUT2D eigenvalue weighted by molar-refractivity contribution is 5.27. The fourth-order valence-electron chi connectivity index (χ4n) is 1.31. The van der Waals surface area contributed by atoms with Gasteiger partial charge in [0.25, 0.3) is 0 Å². The molecule has 0 aromatic carbocycles. The quantitative estimate of drug-likeness (QED) is 0.804. The van der Waals surface area contributed by atoms with Gasteiger partial charge in [-0.2, -0.15) is 0 Å². The number of nitrogens with zero attached hydrogens (tertiary/aromatic N) is 2. The molecular formula is C10H13N3O. The van der Waals surface area contributed by atoms with Crippen molar-refractivity contribution in [1.29, 1.82) is 0 Å². The highest BCUT2D eigenvalue weighted by atomic mass is 16.3. The molecule has 0 fully saturated rings. The topological polar surface area (TPSA) is 43.0 Å². The van der Waals surface area contributed by atoms with Crippen LogP contribution in [-0.2, 0) is 13.1 Å². The van der Waals surface area contributed by atoms with Gasteiger partial charge in [0.05, 0.1) is 12.5 Å². The summed E-state index contributed by atoms with van der Waals surface area (Å²) in [7, 11) is 0. The average molecular weight is 191 g/mol. The summed E-state index contributed by atoms with van der Waals surface area (Å²) in [5.41, 5.74) is 1.12. The number of hydrogen-bond acceptors (Lipinski definition) is 3. The summed E-state index contributed by atoms with van der Waals surface area (Å²) in [4.78, 5) is 4.21. The Balaban J connectivity index is 1.98. The Labute approximate surface area is 82.6 Å². The van der Waals surface area contributed by atoms with Crippen LogP contribution < -0.4 is 5.32 Å². The van der Waals surface area contributed by atoms with Crippen molar-refractivity contribution in [3.05, 3.63) is 36.5 Å². The second kappa shape index (κ2) is 4.00. The molecular weight excluding hydrogens is 178 g/mol. The van der Waals surface area contributed by atoms with Gasteiger partial charge in [0.15, 0.2) is 0 Å². The van der Waals surface area contributed by atoms with E-state index in [1.807, 2.05) is 12.3 Å². The molecule has 2 heterocycles. The molecule has 2 aromatic heterocycles. The van der Waals surface area contributed by atoms with Crippen molar-refractivity contribution in [1.82, 2.24) is 9.55 Å². The van der Waals surface area contributed by atoms with E-state index in [1.54, 1.807) is 18.7 Å². The van der Waals surface area contributed by atoms with E-state index in [-0.39, 0.29) is 0 Å². The zero-order valence-corrected chi connectivity index (χ0v) is 8.10. The first-order chi connectivity index (χ1) is 6.90. The largest absolute Gasteiger partial charge is 0.472 e. The monoisotopic (exact) mass is 191 g/mol. The summed E-state index contributed by atoms with van der Waals surface area (Å²) in [6.07, 6.45) is 7.15. The number of hydrogen-bond donors (Lipinski definition) is 1. The normalized spacial score (nSPS) is 10.4.